The number of aliphatic carboxylic acids is 1. The SMILES string of the molecule is C/C(=C\c1ccc2nc(C)oc2c1)C(=O)O. The van der Waals surface area contributed by atoms with Gasteiger partial charge in [0.15, 0.2) is 11.5 Å². The van der Waals surface area contributed by atoms with Crippen LogP contribution in [-0.2, 0) is 4.79 Å². The summed E-state index contributed by atoms with van der Waals surface area (Å²) in [6.07, 6.45) is 1.60. The fraction of sp³-hybridized carbons (Fsp3) is 0.167. The number of rotatable bonds is 2. The van der Waals surface area contributed by atoms with E-state index in [2.05, 4.69) is 4.98 Å². The number of carboxylic acid groups (broad SMARTS) is 1. The van der Waals surface area contributed by atoms with E-state index in [0.29, 0.717) is 11.5 Å². The maximum absolute atomic E-state index is 10.7. The molecule has 1 heterocycles. The zero-order valence-corrected chi connectivity index (χ0v) is 9.02. The Kier molecular flexibility index (Phi) is 2.48. The third kappa shape index (κ3) is 1.95. The van der Waals surface area contributed by atoms with E-state index in [1.54, 1.807) is 26.0 Å². The Morgan fingerprint density at radius 2 is 2.25 bits per heavy atom. The minimum atomic E-state index is -0.922. The minimum absolute atomic E-state index is 0.288. The molecule has 0 spiro atoms. The summed E-state index contributed by atoms with van der Waals surface area (Å²) in [7, 11) is 0. The minimum Gasteiger partial charge on any atom is -0.478 e. The van der Waals surface area contributed by atoms with Crippen molar-refractivity contribution in [2.45, 2.75) is 13.8 Å². The molecular weight excluding hydrogens is 206 g/mol. The lowest BCUT2D eigenvalue weighted by Gasteiger charge is -1.95. The molecule has 0 saturated carbocycles. The van der Waals surface area contributed by atoms with E-state index in [4.69, 9.17) is 9.52 Å². The zero-order valence-electron chi connectivity index (χ0n) is 9.02. The second kappa shape index (κ2) is 3.81. The van der Waals surface area contributed by atoms with Crippen molar-refractivity contribution in [2.75, 3.05) is 0 Å². The highest BCUT2D eigenvalue weighted by atomic mass is 16.4. The maximum atomic E-state index is 10.7. The molecule has 0 aliphatic heterocycles. The zero-order chi connectivity index (χ0) is 11.7. The number of carbonyl (C=O) groups is 1. The van der Waals surface area contributed by atoms with Gasteiger partial charge in [-0.15, -0.1) is 0 Å². The molecule has 0 saturated heterocycles. The summed E-state index contributed by atoms with van der Waals surface area (Å²) >= 11 is 0. The van der Waals surface area contributed by atoms with Crippen molar-refractivity contribution in [1.29, 1.82) is 0 Å². The van der Waals surface area contributed by atoms with Gasteiger partial charge in [0, 0.05) is 12.5 Å². The lowest BCUT2D eigenvalue weighted by molar-refractivity contribution is -0.132. The highest BCUT2D eigenvalue weighted by Gasteiger charge is 2.04. The third-order valence-corrected chi connectivity index (χ3v) is 2.24. The average Bonchev–Trinajstić information content (AvgIpc) is 2.57. The highest BCUT2D eigenvalue weighted by Crippen LogP contribution is 2.18. The molecule has 1 N–H and O–H groups in total. The molecule has 0 radical (unpaired) electrons. The first-order valence-electron chi connectivity index (χ1n) is 4.85. The number of nitrogens with zero attached hydrogens (tertiary/aromatic N) is 1. The summed E-state index contributed by atoms with van der Waals surface area (Å²) in [5, 5.41) is 8.76. The Balaban J connectivity index is 2.47. The van der Waals surface area contributed by atoms with E-state index in [1.807, 2.05) is 12.1 Å². The molecule has 0 fully saturated rings. The summed E-state index contributed by atoms with van der Waals surface area (Å²) in [6.45, 7) is 3.33. The van der Waals surface area contributed by atoms with Crippen LogP contribution in [0.25, 0.3) is 17.2 Å². The number of carboxylic acids is 1. The van der Waals surface area contributed by atoms with Crippen LogP contribution in [0.3, 0.4) is 0 Å². The molecule has 1 aromatic carbocycles. The lowest BCUT2D eigenvalue weighted by Crippen LogP contribution is -1.95. The molecular formula is C12H11NO3. The van der Waals surface area contributed by atoms with E-state index in [9.17, 15) is 4.79 Å². The van der Waals surface area contributed by atoms with Crippen LogP contribution in [0.5, 0.6) is 0 Å². The Morgan fingerprint density at radius 3 is 2.94 bits per heavy atom. The van der Waals surface area contributed by atoms with Crippen LogP contribution in [0, 0.1) is 6.92 Å². The summed E-state index contributed by atoms with van der Waals surface area (Å²) in [5.41, 5.74) is 2.53. The number of fused-ring (bicyclic) bond motifs is 1. The molecule has 0 bridgehead atoms. The van der Waals surface area contributed by atoms with Crippen LogP contribution in [-0.4, -0.2) is 16.1 Å². The molecule has 0 amide bonds. The van der Waals surface area contributed by atoms with Crippen molar-refractivity contribution in [3.63, 3.8) is 0 Å². The normalized spacial score (nSPS) is 12.0. The van der Waals surface area contributed by atoms with Crippen molar-refractivity contribution in [2.24, 2.45) is 0 Å². The van der Waals surface area contributed by atoms with Gasteiger partial charge in [0.05, 0.1) is 0 Å². The van der Waals surface area contributed by atoms with Gasteiger partial charge in [0.25, 0.3) is 0 Å². The Hall–Kier alpha value is -2.10. The number of oxazole rings is 1. The van der Waals surface area contributed by atoms with Crippen LogP contribution in [0.2, 0.25) is 0 Å². The molecule has 2 rings (SSSR count). The standard InChI is InChI=1S/C12H11NO3/c1-7(12(14)15)5-9-3-4-10-11(6-9)16-8(2)13-10/h3-6H,1-2H3,(H,14,15)/b7-5+. The van der Waals surface area contributed by atoms with E-state index in [0.717, 1.165) is 11.1 Å². The Labute approximate surface area is 92.2 Å². The van der Waals surface area contributed by atoms with Crippen LogP contribution in [0.15, 0.2) is 28.2 Å². The van der Waals surface area contributed by atoms with Gasteiger partial charge >= 0.3 is 5.97 Å². The van der Waals surface area contributed by atoms with Gasteiger partial charge in [-0.1, -0.05) is 6.07 Å². The fourth-order valence-electron chi connectivity index (χ4n) is 1.46. The summed E-state index contributed by atoms with van der Waals surface area (Å²) in [5.74, 6) is -0.320. The average molecular weight is 217 g/mol. The topological polar surface area (TPSA) is 63.3 Å². The number of aryl methyl sites for hydroxylation is 1. The van der Waals surface area contributed by atoms with Gasteiger partial charge in [-0.05, 0) is 30.7 Å². The second-order valence-corrected chi connectivity index (χ2v) is 3.59. The van der Waals surface area contributed by atoms with E-state index in [-0.39, 0.29) is 5.57 Å². The van der Waals surface area contributed by atoms with Crippen molar-refractivity contribution in [1.82, 2.24) is 4.98 Å². The van der Waals surface area contributed by atoms with Gasteiger partial charge in [-0.3, -0.25) is 0 Å². The summed E-state index contributed by atoms with van der Waals surface area (Å²) < 4.78 is 5.36. The molecule has 0 unspecified atom stereocenters. The van der Waals surface area contributed by atoms with Crippen molar-refractivity contribution in [3.8, 4) is 0 Å². The number of aromatic nitrogens is 1. The van der Waals surface area contributed by atoms with Gasteiger partial charge < -0.3 is 9.52 Å². The maximum Gasteiger partial charge on any atom is 0.331 e. The summed E-state index contributed by atoms with van der Waals surface area (Å²) in [6, 6.07) is 5.41. The molecule has 2 aromatic rings. The molecule has 4 heteroatoms. The van der Waals surface area contributed by atoms with E-state index in [1.165, 1.54) is 0 Å². The first-order valence-corrected chi connectivity index (χ1v) is 4.85. The molecule has 0 aliphatic carbocycles. The van der Waals surface area contributed by atoms with Crippen LogP contribution >= 0.6 is 0 Å². The largest absolute Gasteiger partial charge is 0.478 e. The predicted octanol–water partition coefficient (Wildman–Crippen LogP) is 2.62. The van der Waals surface area contributed by atoms with Crippen molar-refractivity contribution >= 4 is 23.1 Å². The first kappa shape index (κ1) is 10.4. The lowest BCUT2D eigenvalue weighted by atomic mass is 10.1. The van der Waals surface area contributed by atoms with Crippen LogP contribution < -0.4 is 0 Å². The Bertz CT molecular complexity index is 581. The number of hydrogen-bond acceptors (Lipinski definition) is 3. The van der Waals surface area contributed by atoms with Crippen LogP contribution in [0.1, 0.15) is 18.4 Å². The fourth-order valence-corrected chi connectivity index (χ4v) is 1.46. The van der Waals surface area contributed by atoms with Gasteiger partial charge in [-0.2, -0.15) is 0 Å². The Morgan fingerprint density at radius 1 is 1.50 bits per heavy atom. The quantitative estimate of drug-likeness (QED) is 0.785. The van der Waals surface area contributed by atoms with Gasteiger partial charge in [0.1, 0.15) is 5.52 Å². The highest BCUT2D eigenvalue weighted by molar-refractivity contribution is 5.92. The molecule has 4 nitrogen and oxygen atoms in total. The molecule has 1 aromatic heterocycles. The van der Waals surface area contributed by atoms with E-state index >= 15 is 0 Å². The third-order valence-electron chi connectivity index (χ3n) is 2.24. The molecule has 16 heavy (non-hydrogen) atoms. The van der Waals surface area contributed by atoms with Crippen molar-refractivity contribution in [3.05, 3.63) is 35.2 Å². The smallest absolute Gasteiger partial charge is 0.331 e. The second-order valence-electron chi connectivity index (χ2n) is 3.59. The molecule has 0 atom stereocenters. The summed E-state index contributed by atoms with van der Waals surface area (Å²) in [4.78, 5) is 14.8. The van der Waals surface area contributed by atoms with Crippen molar-refractivity contribution < 1.29 is 14.3 Å². The first-order chi connectivity index (χ1) is 7.56. The molecule has 82 valence electrons. The van der Waals surface area contributed by atoms with Gasteiger partial charge in [-0.25, -0.2) is 9.78 Å². The van der Waals surface area contributed by atoms with Crippen LogP contribution in [0.4, 0.5) is 0 Å². The monoisotopic (exact) mass is 217 g/mol. The van der Waals surface area contributed by atoms with Gasteiger partial charge in [0.2, 0.25) is 0 Å². The number of benzene rings is 1. The van der Waals surface area contributed by atoms with E-state index < -0.39 is 5.97 Å². The molecule has 0 aliphatic rings. The predicted molar refractivity (Wildman–Crippen MR) is 60.0 cm³/mol. The number of hydrogen-bond donors (Lipinski definition) is 1.